The molecule has 9 heteroatoms. The van der Waals surface area contributed by atoms with E-state index >= 15 is 0 Å². The van der Waals surface area contributed by atoms with Crippen molar-refractivity contribution in [1.29, 1.82) is 0 Å². The van der Waals surface area contributed by atoms with E-state index in [1.54, 1.807) is 35.6 Å². The summed E-state index contributed by atoms with van der Waals surface area (Å²) in [5, 5.41) is 11.4. The molecule has 0 atom stereocenters. The second kappa shape index (κ2) is 8.30. The first-order valence-electron chi connectivity index (χ1n) is 8.86. The summed E-state index contributed by atoms with van der Waals surface area (Å²) in [6, 6.07) is 13.7. The van der Waals surface area contributed by atoms with Crippen molar-refractivity contribution < 1.29 is 9.66 Å². The monoisotopic (exact) mass is 427 g/mol. The van der Waals surface area contributed by atoms with Crippen molar-refractivity contribution in [3.8, 4) is 11.4 Å². The fourth-order valence-electron chi connectivity index (χ4n) is 3.01. The van der Waals surface area contributed by atoms with Gasteiger partial charge in [-0.25, -0.2) is 4.98 Å². The van der Waals surface area contributed by atoms with Crippen LogP contribution in [0.2, 0.25) is 0 Å². The van der Waals surface area contributed by atoms with Crippen molar-refractivity contribution >= 4 is 29.2 Å². The summed E-state index contributed by atoms with van der Waals surface area (Å²) in [7, 11) is 1.60. The molecule has 0 saturated heterocycles. The number of methoxy groups -OCH3 is 1. The minimum atomic E-state index is -0.419. The van der Waals surface area contributed by atoms with E-state index < -0.39 is 4.92 Å². The Morgan fingerprint density at radius 3 is 2.59 bits per heavy atom. The maximum atomic E-state index is 13.2. The second-order valence-corrected chi connectivity index (χ2v) is 8.37. The smallest absolute Gasteiger partial charge is 0.272 e. The van der Waals surface area contributed by atoms with Gasteiger partial charge in [0.2, 0.25) is 0 Å². The number of aromatic nitrogens is 2. The van der Waals surface area contributed by atoms with Crippen molar-refractivity contribution in [3.63, 3.8) is 0 Å². The van der Waals surface area contributed by atoms with Crippen LogP contribution in [0.5, 0.6) is 5.75 Å². The fraction of sp³-hybridized carbons (Fsp3) is 0.200. The zero-order valence-corrected chi connectivity index (χ0v) is 17.2. The molecule has 1 aliphatic rings. The molecule has 148 valence electrons. The largest absolute Gasteiger partial charge is 0.497 e. The third-order valence-electron chi connectivity index (χ3n) is 4.51. The summed E-state index contributed by atoms with van der Waals surface area (Å²) in [5.41, 5.74) is 2.49. The normalized spacial score (nSPS) is 12.6. The van der Waals surface area contributed by atoms with E-state index in [2.05, 4.69) is 0 Å². The molecule has 0 spiro atoms. The third-order valence-corrected chi connectivity index (χ3v) is 6.63. The van der Waals surface area contributed by atoms with E-state index in [1.165, 1.54) is 23.9 Å². The molecule has 3 aromatic rings. The van der Waals surface area contributed by atoms with Crippen LogP contribution in [0.25, 0.3) is 5.69 Å². The van der Waals surface area contributed by atoms with Crippen LogP contribution >= 0.6 is 23.5 Å². The lowest BCUT2D eigenvalue weighted by Crippen LogP contribution is -2.23. The number of aryl methyl sites for hydroxylation is 1. The number of benzene rings is 2. The van der Waals surface area contributed by atoms with Gasteiger partial charge in [0.25, 0.3) is 11.2 Å². The Balaban J connectivity index is 1.69. The molecule has 7 nitrogen and oxygen atoms in total. The van der Waals surface area contributed by atoms with Gasteiger partial charge in [-0.1, -0.05) is 23.9 Å². The molecule has 0 aliphatic carbocycles. The highest BCUT2D eigenvalue weighted by molar-refractivity contribution is 7.99. The fourth-order valence-corrected chi connectivity index (χ4v) is 5.02. The van der Waals surface area contributed by atoms with Gasteiger partial charge in [0.05, 0.1) is 28.3 Å². The summed E-state index contributed by atoms with van der Waals surface area (Å²) in [5.74, 6) is 2.12. The highest BCUT2D eigenvalue weighted by Crippen LogP contribution is 2.31. The maximum absolute atomic E-state index is 13.2. The Morgan fingerprint density at radius 2 is 1.93 bits per heavy atom. The number of nitrogens with zero attached hydrogens (tertiary/aromatic N) is 3. The Labute approximate surface area is 175 Å². The molecule has 0 radical (unpaired) electrons. The number of hydrogen-bond acceptors (Lipinski definition) is 7. The van der Waals surface area contributed by atoms with E-state index in [1.807, 2.05) is 24.3 Å². The van der Waals surface area contributed by atoms with Gasteiger partial charge in [-0.05, 0) is 29.8 Å². The molecule has 1 aliphatic heterocycles. The Kier molecular flexibility index (Phi) is 5.59. The van der Waals surface area contributed by atoms with E-state index in [0.717, 1.165) is 29.1 Å². The molecule has 29 heavy (non-hydrogen) atoms. The molecule has 0 bridgehead atoms. The lowest BCUT2D eigenvalue weighted by Gasteiger charge is -2.14. The SMILES string of the molecule is COc1ccc(-n2c(SCc3ccc([N+](=O)[O-])cc3)nc3c(c2=O)SCC3)cc1. The molecule has 1 aromatic heterocycles. The van der Waals surface area contributed by atoms with Gasteiger partial charge in [-0.2, -0.15) is 0 Å². The zero-order chi connectivity index (χ0) is 20.4. The third kappa shape index (κ3) is 4.01. The molecule has 0 amide bonds. The maximum Gasteiger partial charge on any atom is 0.272 e. The van der Waals surface area contributed by atoms with E-state index in [-0.39, 0.29) is 11.2 Å². The number of nitro groups is 1. The first-order chi connectivity index (χ1) is 14.1. The van der Waals surface area contributed by atoms with Crippen LogP contribution in [0, 0.1) is 10.1 Å². The van der Waals surface area contributed by atoms with Crippen LogP contribution in [0.15, 0.2) is 63.4 Å². The molecule has 0 fully saturated rings. The highest BCUT2D eigenvalue weighted by Gasteiger charge is 2.22. The Hall–Kier alpha value is -2.78. The lowest BCUT2D eigenvalue weighted by molar-refractivity contribution is -0.384. The zero-order valence-electron chi connectivity index (χ0n) is 15.5. The van der Waals surface area contributed by atoms with Gasteiger partial charge in [0, 0.05) is 30.1 Å². The molecular weight excluding hydrogens is 410 g/mol. The van der Waals surface area contributed by atoms with Crippen molar-refractivity contribution in [2.45, 2.75) is 22.2 Å². The van der Waals surface area contributed by atoms with Gasteiger partial charge < -0.3 is 4.74 Å². The number of non-ortho nitro benzene ring substituents is 1. The van der Waals surface area contributed by atoms with Crippen molar-refractivity contribution in [1.82, 2.24) is 9.55 Å². The molecule has 2 aromatic carbocycles. The number of fused-ring (bicyclic) bond motifs is 1. The van der Waals surface area contributed by atoms with E-state index in [0.29, 0.717) is 21.6 Å². The summed E-state index contributed by atoms with van der Waals surface area (Å²) < 4.78 is 6.84. The minimum Gasteiger partial charge on any atom is -0.497 e. The predicted octanol–water partition coefficient (Wildman–Crippen LogP) is 4.09. The van der Waals surface area contributed by atoms with Crippen LogP contribution in [0.3, 0.4) is 0 Å². The second-order valence-electron chi connectivity index (χ2n) is 6.32. The standard InChI is InChI=1S/C20H17N3O4S2/c1-27-16-8-6-14(7-9-16)22-19(24)18-17(10-11-28-18)21-20(22)29-12-13-2-4-15(5-3-13)23(25)26/h2-9H,10-12H2,1H3. The van der Waals surface area contributed by atoms with E-state index in [9.17, 15) is 14.9 Å². The average Bonchev–Trinajstić information content (AvgIpc) is 3.22. The van der Waals surface area contributed by atoms with Gasteiger partial charge in [-0.3, -0.25) is 19.5 Å². The van der Waals surface area contributed by atoms with Crippen molar-refractivity contribution in [3.05, 3.63) is 80.3 Å². The van der Waals surface area contributed by atoms with Crippen LogP contribution in [-0.4, -0.2) is 27.3 Å². The number of hydrogen-bond donors (Lipinski definition) is 0. The molecule has 4 rings (SSSR count). The van der Waals surface area contributed by atoms with Crippen LogP contribution in [0.1, 0.15) is 11.3 Å². The predicted molar refractivity (Wildman–Crippen MR) is 113 cm³/mol. The van der Waals surface area contributed by atoms with Crippen LogP contribution in [0.4, 0.5) is 5.69 Å². The van der Waals surface area contributed by atoms with Crippen molar-refractivity contribution in [2.24, 2.45) is 0 Å². The minimum absolute atomic E-state index is 0.0570. The van der Waals surface area contributed by atoms with Gasteiger partial charge in [0.1, 0.15) is 5.75 Å². The molecule has 0 saturated carbocycles. The molecule has 0 N–H and O–H groups in total. The first kappa shape index (κ1) is 19.5. The van der Waals surface area contributed by atoms with Gasteiger partial charge >= 0.3 is 0 Å². The topological polar surface area (TPSA) is 87.3 Å². The van der Waals surface area contributed by atoms with Gasteiger partial charge in [-0.15, -0.1) is 11.8 Å². The summed E-state index contributed by atoms with van der Waals surface area (Å²) in [6.45, 7) is 0. The molecule has 0 unspecified atom stereocenters. The van der Waals surface area contributed by atoms with Crippen molar-refractivity contribution in [2.75, 3.05) is 12.9 Å². The van der Waals surface area contributed by atoms with Gasteiger partial charge in [0.15, 0.2) is 5.16 Å². The van der Waals surface area contributed by atoms with E-state index in [4.69, 9.17) is 9.72 Å². The average molecular weight is 428 g/mol. The number of thioether (sulfide) groups is 2. The number of ether oxygens (including phenoxy) is 1. The van der Waals surface area contributed by atoms with Crippen LogP contribution < -0.4 is 10.3 Å². The Morgan fingerprint density at radius 1 is 1.21 bits per heavy atom. The number of rotatable bonds is 6. The number of nitro benzene ring substituents is 1. The summed E-state index contributed by atoms with van der Waals surface area (Å²) >= 11 is 2.99. The molecule has 2 heterocycles. The summed E-state index contributed by atoms with van der Waals surface area (Å²) in [4.78, 5) is 29.0. The first-order valence-corrected chi connectivity index (χ1v) is 10.8. The Bertz CT molecular complexity index is 1110. The quantitative estimate of drug-likeness (QED) is 0.253. The lowest BCUT2D eigenvalue weighted by atomic mass is 10.2. The van der Waals surface area contributed by atoms with Crippen LogP contribution in [-0.2, 0) is 12.2 Å². The molecular formula is C20H17N3O4S2. The summed E-state index contributed by atoms with van der Waals surface area (Å²) in [6.07, 6.45) is 0.782. The highest BCUT2D eigenvalue weighted by atomic mass is 32.2.